The topological polar surface area (TPSA) is 3.24 Å². The van der Waals surface area contributed by atoms with Crippen molar-refractivity contribution in [3.8, 4) is 0 Å². The number of piperidine rings is 1. The van der Waals surface area contributed by atoms with Crippen molar-refractivity contribution in [2.75, 3.05) is 20.1 Å². The molecule has 2 heteroatoms. The summed E-state index contributed by atoms with van der Waals surface area (Å²) in [5.41, 5.74) is 0. The average molecular weight is 216 g/mol. The Morgan fingerprint density at radius 1 is 1.21 bits per heavy atom. The van der Waals surface area contributed by atoms with E-state index >= 15 is 0 Å². The van der Waals surface area contributed by atoms with Crippen LogP contribution in [-0.2, 0) is 0 Å². The van der Waals surface area contributed by atoms with Crippen LogP contribution in [0.5, 0.6) is 0 Å². The van der Waals surface area contributed by atoms with E-state index in [-0.39, 0.29) is 0 Å². The molecule has 0 spiro atoms. The molecule has 2 aliphatic rings. The van der Waals surface area contributed by atoms with Crippen LogP contribution in [0.25, 0.3) is 0 Å². The van der Waals surface area contributed by atoms with Crippen molar-refractivity contribution < 1.29 is 0 Å². The Bertz CT molecular complexity index is 195. The van der Waals surface area contributed by atoms with Crippen molar-refractivity contribution in [1.82, 2.24) is 4.90 Å². The Balaban J connectivity index is 2.04. The van der Waals surface area contributed by atoms with E-state index in [0.29, 0.717) is 5.38 Å². The lowest BCUT2D eigenvalue weighted by atomic mass is 9.77. The second kappa shape index (κ2) is 4.40. The smallest absolute Gasteiger partial charge is 0.0338 e. The zero-order valence-electron chi connectivity index (χ0n) is 9.38. The molecular weight excluding hydrogens is 194 g/mol. The molecule has 2 rings (SSSR count). The molecule has 0 aromatic rings. The summed E-state index contributed by atoms with van der Waals surface area (Å²) in [6.07, 6.45) is 5.25. The fourth-order valence-electron chi connectivity index (χ4n) is 3.29. The highest BCUT2D eigenvalue weighted by atomic mass is 35.5. The summed E-state index contributed by atoms with van der Waals surface area (Å²) in [5, 5.41) is 0.445. The van der Waals surface area contributed by atoms with E-state index in [1.165, 1.54) is 38.8 Å². The minimum atomic E-state index is 0.445. The molecule has 0 bridgehead atoms. The Morgan fingerprint density at radius 2 is 2.00 bits per heavy atom. The summed E-state index contributed by atoms with van der Waals surface area (Å²) in [7, 11) is 2.26. The Morgan fingerprint density at radius 3 is 2.79 bits per heavy atom. The first-order valence-corrected chi connectivity index (χ1v) is 6.43. The molecule has 0 N–H and O–H groups in total. The van der Waals surface area contributed by atoms with E-state index in [4.69, 9.17) is 11.6 Å². The first-order valence-electron chi connectivity index (χ1n) is 5.99. The third kappa shape index (κ3) is 2.25. The number of likely N-dealkylation sites (tertiary alicyclic amines) is 1. The molecule has 82 valence electrons. The van der Waals surface area contributed by atoms with E-state index in [0.717, 1.165) is 17.8 Å². The molecule has 0 radical (unpaired) electrons. The number of hydrogen-bond acceptors (Lipinski definition) is 1. The van der Waals surface area contributed by atoms with Gasteiger partial charge in [-0.3, -0.25) is 0 Å². The largest absolute Gasteiger partial charge is 0.306 e. The van der Waals surface area contributed by atoms with Gasteiger partial charge in [0.2, 0.25) is 0 Å². The van der Waals surface area contributed by atoms with Crippen molar-refractivity contribution in [3.63, 3.8) is 0 Å². The van der Waals surface area contributed by atoms with E-state index in [1.807, 2.05) is 0 Å². The lowest BCUT2D eigenvalue weighted by Crippen LogP contribution is -2.40. The van der Waals surface area contributed by atoms with Crippen LogP contribution < -0.4 is 0 Å². The molecule has 1 nitrogen and oxygen atoms in total. The molecule has 1 saturated carbocycles. The fourth-order valence-corrected chi connectivity index (χ4v) is 3.70. The number of rotatable bonds is 0. The Hall–Kier alpha value is 0.250. The zero-order valence-corrected chi connectivity index (χ0v) is 10.1. The van der Waals surface area contributed by atoms with Crippen molar-refractivity contribution in [2.45, 2.75) is 38.0 Å². The van der Waals surface area contributed by atoms with Gasteiger partial charge in [0.1, 0.15) is 0 Å². The van der Waals surface area contributed by atoms with Crippen LogP contribution in [0.4, 0.5) is 0 Å². The van der Waals surface area contributed by atoms with Crippen LogP contribution in [0.15, 0.2) is 0 Å². The van der Waals surface area contributed by atoms with Crippen LogP contribution in [0.2, 0.25) is 0 Å². The highest BCUT2D eigenvalue weighted by Gasteiger charge is 2.34. The van der Waals surface area contributed by atoms with Crippen LogP contribution in [0.3, 0.4) is 0 Å². The predicted molar refractivity (Wildman–Crippen MR) is 61.8 cm³/mol. The normalized spacial score (nSPS) is 45.6. The molecule has 1 heterocycles. The number of fused-ring (bicyclic) bond motifs is 1. The van der Waals surface area contributed by atoms with Crippen molar-refractivity contribution in [3.05, 3.63) is 0 Å². The van der Waals surface area contributed by atoms with Gasteiger partial charge < -0.3 is 4.90 Å². The van der Waals surface area contributed by atoms with Gasteiger partial charge in [-0.25, -0.2) is 0 Å². The standard InChI is InChI=1S/C12H22ClN/c1-9-7-11(13)4-3-10-5-6-14(2)8-12(9)10/h9-12H,3-8H2,1-2H3/t9?,10?,11-,12?/m0/s1. The molecule has 3 unspecified atom stereocenters. The summed E-state index contributed by atoms with van der Waals surface area (Å²) >= 11 is 6.30. The number of hydrogen-bond donors (Lipinski definition) is 0. The quantitative estimate of drug-likeness (QED) is 0.562. The Labute approximate surface area is 92.8 Å². The second-order valence-corrected chi connectivity index (χ2v) is 5.98. The highest BCUT2D eigenvalue weighted by molar-refractivity contribution is 6.20. The fraction of sp³-hybridized carbons (Fsp3) is 1.00. The predicted octanol–water partition coefficient (Wildman–Crippen LogP) is 2.98. The minimum absolute atomic E-state index is 0.445. The van der Waals surface area contributed by atoms with Crippen molar-refractivity contribution in [2.24, 2.45) is 17.8 Å². The maximum atomic E-state index is 6.30. The summed E-state index contributed by atoms with van der Waals surface area (Å²) in [4.78, 5) is 2.49. The Kier molecular flexibility index (Phi) is 3.38. The lowest BCUT2D eigenvalue weighted by molar-refractivity contribution is 0.104. The second-order valence-electron chi connectivity index (χ2n) is 5.36. The molecule has 1 aliphatic carbocycles. The van der Waals surface area contributed by atoms with Gasteiger partial charge in [-0.2, -0.15) is 0 Å². The van der Waals surface area contributed by atoms with Crippen LogP contribution in [0.1, 0.15) is 32.6 Å². The molecule has 0 aromatic carbocycles. The number of halogens is 1. The zero-order chi connectivity index (χ0) is 10.1. The molecule has 2 fully saturated rings. The van der Waals surface area contributed by atoms with Crippen LogP contribution >= 0.6 is 11.6 Å². The first-order chi connectivity index (χ1) is 6.66. The molecule has 0 amide bonds. The third-order valence-corrected chi connectivity index (χ3v) is 4.62. The maximum Gasteiger partial charge on any atom is 0.0338 e. The number of alkyl halides is 1. The van der Waals surface area contributed by atoms with Gasteiger partial charge in [0.15, 0.2) is 0 Å². The van der Waals surface area contributed by atoms with E-state index < -0.39 is 0 Å². The summed E-state index contributed by atoms with van der Waals surface area (Å²) in [6.45, 7) is 4.99. The first kappa shape index (κ1) is 10.8. The maximum absolute atomic E-state index is 6.30. The molecule has 1 saturated heterocycles. The van der Waals surface area contributed by atoms with E-state index in [9.17, 15) is 0 Å². The average Bonchev–Trinajstić information content (AvgIpc) is 2.27. The van der Waals surface area contributed by atoms with Gasteiger partial charge >= 0.3 is 0 Å². The summed E-state index contributed by atoms with van der Waals surface area (Å²) in [6, 6.07) is 0. The molecular formula is C12H22ClN. The van der Waals surface area contributed by atoms with E-state index in [2.05, 4.69) is 18.9 Å². The monoisotopic (exact) mass is 215 g/mol. The van der Waals surface area contributed by atoms with Crippen LogP contribution in [0, 0.1) is 17.8 Å². The van der Waals surface area contributed by atoms with Gasteiger partial charge in [0, 0.05) is 11.9 Å². The molecule has 0 aromatic heterocycles. The summed E-state index contributed by atoms with van der Waals surface area (Å²) < 4.78 is 0. The number of nitrogens with zero attached hydrogens (tertiary/aromatic N) is 1. The van der Waals surface area contributed by atoms with Gasteiger partial charge in [0.05, 0.1) is 0 Å². The van der Waals surface area contributed by atoms with Crippen molar-refractivity contribution >= 4 is 11.6 Å². The van der Waals surface area contributed by atoms with Gasteiger partial charge in [-0.1, -0.05) is 6.92 Å². The van der Waals surface area contributed by atoms with Crippen molar-refractivity contribution in [1.29, 1.82) is 0 Å². The highest BCUT2D eigenvalue weighted by Crippen LogP contribution is 2.39. The molecule has 14 heavy (non-hydrogen) atoms. The van der Waals surface area contributed by atoms with E-state index in [1.54, 1.807) is 0 Å². The SMILES string of the molecule is CC1C[C@@H](Cl)CCC2CCN(C)CC12. The third-order valence-electron chi connectivity index (χ3n) is 4.22. The van der Waals surface area contributed by atoms with Gasteiger partial charge in [-0.15, -0.1) is 11.6 Å². The summed E-state index contributed by atoms with van der Waals surface area (Å²) in [5.74, 6) is 2.70. The molecule has 4 atom stereocenters. The minimum Gasteiger partial charge on any atom is -0.306 e. The van der Waals surface area contributed by atoms with Gasteiger partial charge in [-0.05, 0) is 57.0 Å². The van der Waals surface area contributed by atoms with Gasteiger partial charge in [0.25, 0.3) is 0 Å². The molecule has 1 aliphatic heterocycles. The van der Waals surface area contributed by atoms with Crippen LogP contribution in [-0.4, -0.2) is 30.4 Å². The lowest BCUT2D eigenvalue weighted by Gasteiger charge is -2.38.